The lowest BCUT2D eigenvalue weighted by Crippen LogP contribution is -2.52. The molecule has 1 aliphatic rings. The molecule has 0 aliphatic carbocycles. The van der Waals surface area contributed by atoms with Crippen LogP contribution in [0.4, 0.5) is 9.18 Å². The Morgan fingerprint density at radius 1 is 1.19 bits per heavy atom. The van der Waals surface area contributed by atoms with Crippen molar-refractivity contribution in [2.75, 3.05) is 32.7 Å². The van der Waals surface area contributed by atoms with E-state index in [0.29, 0.717) is 26.2 Å². The molecule has 1 aromatic rings. The number of nitrogens with zero attached hydrogens (tertiary/aromatic N) is 2. The van der Waals surface area contributed by atoms with E-state index in [0.717, 1.165) is 6.07 Å². The van der Waals surface area contributed by atoms with Gasteiger partial charge in [0.05, 0.1) is 17.1 Å². The third-order valence-corrected chi connectivity index (χ3v) is 4.17. The number of benzene rings is 1. The standard InChI is InChI=1S/C17H22ClFN4O3/c1-11(2)20-17(26)21-15(24)10-22-5-7-23(8-6-22)16(25)13-4-3-12(19)9-14(13)18/h3-4,9,11H,5-8,10H2,1-2H3,(H2,20,21,24,26). The van der Waals surface area contributed by atoms with E-state index in [9.17, 15) is 18.8 Å². The van der Waals surface area contributed by atoms with E-state index in [1.165, 1.54) is 12.1 Å². The van der Waals surface area contributed by atoms with E-state index in [2.05, 4.69) is 10.6 Å². The number of carbonyl (C=O) groups excluding carboxylic acids is 3. The first-order valence-electron chi connectivity index (χ1n) is 8.33. The number of rotatable bonds is 4. The molecule has 0 atom stereocenters. The number of hydrogen-bond acceptors (Lipinski definition) is 4. The van der Waals surface area contributed by atoms with Crippen molar-refractivity contribution < 1.29 is 18.8 Å². The summed E-state index contributed by atoms with van der Waals surface area (Å²) in [5.41, 5.74) is 0.254. The Kier molecular flexibility index (Phi) is 6.93. The van der Waals surface area contributed by atoms with Gasteiger partial charge in [-0.3, -0.25) is 19.8 Å². The zero-order valence-corrected chi connectivity index (χ0v) is 15.5. The van der Waals surface area contributed by atoms with E-state index >= 15 is 0 Å². The Morgan fingerprint density at radius 2 is 1.85 bits per heavy atom. The molecule has 26 heavy (non-hydrogen) atoms. The van der Waals surface area contributed by atoms with Crippen LogP contribution in [0.1, 0.15) is 24.2 Å². The molecule has 1 heterocycles. The molecule has 0 aromatic heterocycles. The lowest BCUT2D eigenvalue weighted by molar-refractivity contribution is -0.121. The first kappa shape index (κ1) is 20.1. The van der Waals surface area contributed by atoms with Gasteiger partial charge in [0.15, 0.2) is 0 Å². The minimum absolute atomic E-state index is 0.0596. The van der Waals surface area contributed by atoms with Gasteiger partial charge in [-0.1, -0.05) is 11.6 Å². The number of nitrogens with one attached hydrogen (secondary N) is 2. The second kappa shape index (κ2) is 8.95. The molecule has 1 aliphatic heterocycles. The molecule has 2 rings (SSSR count). The van der Waals surface area contributed by atoms with Gasteiger partial charge in [-0.05, 0) is 32.0 Å². The van der Waals surface area contributed by atoms with Crippen LogP contribution < -0.4 is 10.6 Å². The third-order valence-electron chi connectivity index (χ3n) is 3.86. The van der Waals surface area contributed by atoms with Crippen molar-refractivity contribution in [2.24, 2.45) is 0 Å². The largest absolute Gasteiger partial charge is 0.336 e. The number of piperazine rings is 1. The van der Waals surface area contributed by atoms with Crippen LogP contribution in [0.15, 0.2) is 18.2 Å². The summed E-state index contributed by atoms with van der Waals surface area (Å²) >= 11 is 5.94. The third kappa shape index (κ3) is 5.67. The van der Waals surface area contributed by atoms with Crippen LogP contribution in [0.25, 0.3) is 0 Å². The van der Waals surface area contributed by atoms with Crippen LogP contribution in [0.3, 0.4) is 0 Å². The molecule has 0 saturated carbocycles. The zero-order chi connectivity index (χ0) is 19.3. The van der Waals surface area contributed by atoms with Crippen molar-refractivity contribution in [1.29, 1.82) is 0 Å². The average Bonchev–Trinajstić information content (AvgIpc) is 2.54. The van der Waals surface area contributed by atoms with Gasteiger partial charge >= 0.3 is 6.03 Å². The number of carbonyl (C=O) groups is 3. The van der Waals surface area contributed by atoms with Crippen LogP contribution in [0, 0.1) is 5.82 Å². The normalized spacial score (nSPS) is 15.0. The Bertz CT molecular complexity index is 691. The summed E-state index contributed by atoms with van der Waals surface area (Å²) in [6.07, 6.45) is 0. The molecule has 1 aromatic carbocycles. The number of hydrogen-bond donors (Lipinski definition) is 2. The van der Waals surface area contributed by atoms with Crippen molar-refractivity contribution in [1.82, 2.24) is 20.4 Å². The Morgan fingerprint density at radius 3 is 2.42 bits per heavy atom. The minimum atomic E-state index is -0.523. The smallest absolute Gasteiger partial charge is 0.321 e. The van der Waals surface area contributed by atoms with Gasteiger partial charge in [0, 0.05) is 32.2 Å². The van der Waals surface area contributed by atoms with Gasteiger partial charge in [-0.25, -0.2) is 9.18 Å². The van der Waals surface area contributed by atoms with Crippen molar-refractivity contribution in [2.45, 2.75) is 19.9 Å². The molecule has 9 heteroatoms. The van der Waals surface area contributed by atoms with Crippen molar-refractivity contribution in [3.63, 3.8) is 0 Å². The lowest BCUT2D eigenvalue weighted by Gasteiger charge is -2.34. The highest BCUT2D eigenvalue weighted by molar-refractivity contribution is 6.33. The second-order valence-corrected chi connectivity index (χ2v) is 6.78. The van der Waals surface area contributed by atoms with Gasteiger partial charge in [0.2, 0.25) is 5.91 Å². The molecule has 0 bridgehead atoms. The highest BCUT2D eigenvalue weighted by Gasteiger charge is 2.25. The first-order chi connectivity index (χ1) is 12.3. The average molecular weight is 385 g/mol. The predicted octanol–water partition coefficient (Wildman–Crippen LogP) is 1.47. The summed E-state index contributed by atoms with van der Waals surface area (Å²) in [5, 5.41) is 4.92. The lowest BCUT2D eigenvalue weighted by atomic mass is 10.1. The fraction of sp³-hybridized carbons (Fsp3) is 0.471. The number of halogens is 2. The second-order valence-electron chi connectivity index (χ2n) is 6.37. The van der Waals surface area contributed by atoms with Crippen LogP contribution >= 0.6 is 11.6 Å². The highest BCUT2D eigenvalue weighted by Crippen LogP contribution is 2.19. The van der Waals surface area contributed by atoms with Crippen LogP contribution in [0.5, 0.6) is 0 Å². The number of imide groups is 1. The topological polar surface area (TPSA) is 81.8 Å². The van der Waals surface area contributed by atoms with E-state index in [1.54, 1.807) is 18.7 Å². The maximum absolute atomic E-state index is 13.1. The molecule has 7 nitrogen and oxygen atoms in total. The van der Waals surface area contributed by atoms with Crippen molar-refractivity contribution in [3.8, 4) is 0 Å². The van der Waals surface area contributed by atoms with Crippen LogP contribution in [-0.4, -0.2) is 66.4 Å². The summed E-state index contributed by atoms with van der Waals surface area (Å²) in [6.45, 7) is 5.48. The summed E-state index contributed by atoms with van der Waals surface area (Å²) in [4.78, 5) is 39.3. The van der Waals surface area contributed by atoms with Gasteiger partial charge in [-0.15, -0.1) is 0 Å². The van der Waals surface area contributed by atoms with Crippen molar-refractivity contribution in [3.05, 3.63) is 34.6 Å². The number of urea groups is 1. The maximum Gasteiger partial charge on any atom is 0.321 e. The predicted molar refractivity (Wildman–Crippen MR) is 95.6 cm³/mol. The fourth-order valence-electron chi connectivity index (χ4n) is 2.61. The van der Waals surface area contributed by atoms with E-state index in [-0.39, 0.29) is 29.1 Å². The Balaban J connectivity index is 1.82. The van der Waals surface area contributed by atoms with Gasteiger partial charge < -0.3 is 10.2 Å². The quantitative estimate of drug-likeness (QED) is 0.823. The zero-order valence-electron chi connectivity index (χ0n) is 14.7. The molecule has 0 spiro atoms. The van der Waals surface area contributed by atoms with E-state index < -0.39 is 17.8 Å². The summed E-state index contributed by atoms with van der Waals surface area (Å²) in [7, 11) is 0. The van der Waals surface area contributed by atoms with E-state index in [4.69, 9.17) is 11.6 Å². The molecule has 1 saturated heterocycles. The first-order valence-corrected chi connectivity index (χ1v) is 8.71. The molecule has 4 amide bonds. The summed E-state index contributed by atoms with van der Waals surface area (Å²) < 4.78 is 13.1. The number of amides is 4. The molecule has 0 unspecified atom stereocenters. The summed E-state index contributed by atoms with van der Waals surface area (Å²) in [6, 6.07) is 3.09. The fourth-order valence-corrected chi connectivity index (χ4v) is 2.86. The van der Waals surface area contributed by atoms with Gasteiger partial charge in [0.25, 0.3) is 5.91 Å². The minimum Gasteiger partial charge on any atom is -0.336 e. The molecule has 1 fully saturated rings. The Labute approximate surface area is 156 Å². The summed E-state index contributed by atoms with van der Waals surface area (Å²) in [5.74, 6) is -1.16. The van der Waals surface area contributed by atoms with Crippen LogP contribution in [0.2, 0.25) is 5.02 Å². The maximum atomic E-state index is 13.1. The van der Waals surface area contributed by atoms with Crippen molar-refractivity contribution >= 4 is 29.4 Å². The highest BCUT2D eigenvalue weighted by atomic mass is 35.5. The van der Waals surface area contributed by atoms with Gasteiger partial charge in [0.1, 0.15) is 5.82 Å². The Hall–Kier alpha value is -2.19. The molecular weight excluding hydrogens is 363 g/mol. The monoisotopic (exact) mass is 384 g/mol. The molecule has 0 radical (unpaired) electrons. The SMILES string of the molecule is CC(C)NC(=O)NC(=O)CN1CCN(C(=O)c2ccc(F)cc2Cl)CC1. The van der Waals surface area contributed by atoms with Gasteiger partial charge in [-0.2, -0.15) is 0 Å². The molecular formula is C17H22ClFN4O3. The molecule has 142 valence electrons. The van der Waals surface area contributed by atoms with E-state index in [1.807, 2.05) is 4.90 Å². The van der Waals surface area contributed by atoms with Crippen LogP contribution in [-0.2, 0) is 4.79 Å². The molecule has 2 N–H and O–H groups in total.